The van der Waals surface area contributed by atoms with Gasteiger partial charge in [-0.25, -0.2) is 24.6 Å². The van der Waals surface area contributed by atoms with Crippen LogP contribution in [0.25, 0.3) is 0 Å². The van der Waals surface area contributed by atoms with Gasteiger partial charge in [-0.15, -0.1) is 0 Å². The van der Waals surface area contributed by atoms with Crippen LogP contribution in [-0.4, -0.2) is 28.9 Å². The Kier molecular flexibility index (Phi) is 4.87. The van der Waals surface area contributed by atoms with Crippen molar-refractivity contribution >= 4 is 11.6 Å². The molecule has 1 aromatic rings. The molecule has 5 nitrogen and oxygen atoms in total. The fourth-order valence-corrected chi connectivity index (χ4v) is 1.48. The molecule has 0 radical (unpaired) electrons. The fourth-order valence-electron chi connectivity index (χ4n) is 1.48. The zero-order valence-electron chi connectivity index (χ0n) is 10.4. The van der Waals surface area contributed by atoms with Crippen molar-refractivity contribution < 1.29 is 17.6 Å². The van der Waals surface area contributed by atoms with Gasteiger partial charge in [0.25, 0.3) is 0 Å². The Morgan fingerprint density at radius 2 is 1.84 bits per heavy atom. The average molecular weight is 281 g/mol. The Morgan fingerprint density at radius 3 is 2.32 bits per heavy atom. The van der Waals surface area contributed by atoms with Gasteiger partial charge < -0.3 is 10.7 Å². The van der Waals surface area contributed by atoms with Gasteiger partial charge in [0, 0.05) is 5.56 Å². The van der Waals surface area contributed by atoms with Gasteiger partial charge in [0.15, 0.2) is 0 Å². The average Bonchev–Trinajstić information content (AvgIpc) is 2.35. The van der Waals surface area contributed by atoms with Gasteiger partial charge in [0.1, 0.15) is 18.0 Å². The third-order valence-electron chi connectivity index (χ3n) is 2.41. The smallest absolute Gasteiger partial charge is 0.324 e. The monoisotopic (exact) mass is 281 g/mol. The van der Waals surface area contributed by atoms with Crippen LogP contribution < -0.4 is 16.6 Å². The minimum Gasteiger partial charge on any atom is -0.363 e. The number of rotatable bonds is 6. The van der Waals surface area contributed by atoms with Crippen molar-refractivity contribution in [3.8, 4) is 0 Å². The first-order valence-electron chi connectivity index (χ1n) is 5.51. The van der Waals surface area contributed by atoms with Crippen LogP contribution >= 0.6 is 0 Å². The van der Waals surface area contributed by atoms with E-state index in [0.29, 0.717) is 5.56 Å². The third kappa shape index (κ3) is 3.66. The molecule has 0 saturated heterocycles. The van der Waals surface area contributed by atoms with Crippen molar-refractivity contribution in [3.05, 3.63) is 11.9 Å². The summed E-state index contributed by atoms with van der Waals surface area (Å²) in [6.07, 6.45) is -2.64. The Labute approximate surface area is 107 Å². The third-order valence-corrected chi connectivity index (χ3v) is 2.41. The van der Waals surface area contributed by atoms with Crippen LogP contribution in [0.3, 0.4) is 0 Å². The number of anilines is 2. The number of halogens is 4. The molecular weight excluding hydrogens is 266 g/mol. The zero-order chi connectivity index (χ0) is 14.6. The number of nitrogens with zero attached hydrogens (tertiary/aromatic N) is 2. The van der Waals surface area contributed by atoms with Crippen molar-refractivity contribution in [2.24, 2.45) is 5.84 Å². The van der Waals surface area contributed by atoms with E-state index in [9.17, 15) is 17.6 Å². The van der Waals surface area contributed by atoms with Gasteiger partial charge in [-0.2, -0.15) is 8.78 Å². The van der Waals surface area contributed by atoms with E-state index in [4.69, 9.17) is 5.84 Å². The summed E-state index contributed by atoms with van der Waals surface area (Å²) >= 11 is 0. The van der Waals surface area contributed by atoms with Crippen LogP contribution in [0, 0.1) is 0 Å². The fraction of sp³-hybridized carbons (Fsp3) is 0.600. The Bertz CT molecular complexity index is 424. The Balaban J connectivity index is 2.96. The number of hydrogen-bond donors (Lipinski definition) is 3. The van der Waals surface area contributed by atoms with E-state index in [1.165, 1.54) is 0 Å². The Hall–Kier alpha value is -1.64. The molecule has 0 atom stereocenters. The number of alkyl halides is 4. The molecular formula is C10H15F4N5. The summed E-state index contributed by atoms with van der Waals surface area (Å²) in [5.74, 6) is 1.30. The summed E-state index contributed by atoms with van der Waals surface area (Å²) in [7, 11) is 0. The van der Waals surface area contributed by atoms with Gasteiger partial charge in [-0.3, -0.25) is 0 Å². The first kappa shape index (κ1) is 15.4. The predicted molar refractivity (Wildman–Crippen MR) is 63.4 cm³/mol. The van der Waals surface area contributed by atoms with Crippen molar-refractivity contribution in [1.29, 1.82) is 0 Å². The lowest BCUT2D eigenvalue weighted by molar-refractivity contribution is -0.117. The van der Waals surface area contributed by atoms with Crippen molar-refractivity contribution in [2.75, 3.05) is 17.3 Å². The topological polar surface area (TPSA) is 75.9 Å². The molecule has 4 N–H and O–H groups in total. The molecule has 0 aliphatic rings. The van der Waals surface area contributed by atoms with E-state index in [0.717, 1.165) is 6.33 Å². The molecule has 1 aromatic heterocycles. The molecule has 0 spiro atoms. The lowest BCUT2D eigenvalue weighted by Crippen LogP contribution is -2.35. The van der Waals surface area contributed by atoms with E-state index in [1.807, 2.05) is 0 Å². The second-order valence-electron chi connectivity index (χ2n) is 4.20. The van der Waals surface area contributed by atoms with Crippen LogP contribution in [0.15, 0.2) is 6.33 Å². The summed E-state index contributed by atoms with van der Waals surface area (Å²) in [5.41, 5.74) is 2.76. The summed E-state index contributed by atoms with van der Waals surface area (Å²) < 4.78 is 49.8. The minimum absolute atomic E-state index is 0.0540. The molecule has 0 aliphatic carbocycles. The molecule has 9 heteroatoms. The standard InChI is InChI=1S/C10H15F4N5/c1-5(2)6-7(17-4-18-8(6)19-15)16-3-10(13,14)9(11)12/h4-5,9H,3,15H2,1-2H3,(H2,16,17,18,19). The highest BCUT2D eigenvalue weighted by Gasteiger charge is 2.40. The second-order valence-corrected chi connectivity index (χ2v) is 4.20. The van der Waals surface area contributed by atoms with E-state index < -0.39 is 18.9 Å². The van der Waals surface area contributed by atoms with E-state index in [1.54, 1.807) is 13.8 Å². The highest BCUT2D eigenvalue weighted by molar-refractivity contribution is 5.58. The number of hydrogen-bond acceptors (Lipinski definition) is 5. The van der Waals surface area contributed by atoms with Gasteiger partial charge in [0.2, 0.25) is 0 Å². The molecule has 0 fully saturated rings. The number of aromatic nitrogens is 2. The summed E-state index contributed by atoms with van der Waals surface area (Å²) in [4.78, 5) is 7.61. The van der Waals surface area contributed by atoms with E-state index in [2.05, 4.69) is 20.7 Å². The maximum absolute atomic E-state index is 12.9. The lowest BCUT2D eigenvalue weighted by Gasteiger charge is -2.19. The normalized spacial score (nSPS) is 12.1. The Morgan fingerprint density at radius 1 is 1.26 bits per heavy atom. The van der Waals surface area contributed by atoms with Crippen molar-refractivity contribution in [1.82, 2.24) is 9.97 Å². The van der Waals surface area contributed by atoms with Gasteiger partial charge >= 0.3 is 12.3 Å². The number of hydrazine groups is 1. The lowest BCUT2D eigenvalue weighted by atomic mass is 10.0. The van der Waals surface area contributed by atoms with Crippen molar-refractivity contribution in [2.45, 2.75) is 32.1 Å². The quantitative estimate of drug-likeness (QED) is 0.423. The molecule has 108 valence electrons. The molecule has 0 unspecified atom stereocenters. The zero-order valence-corrected chi connectivity index (χ0v) is 10.4. The van der Waals surface area contributed by atoms with Crippen LogP contribution in [0.2, 0.25) is 0 Å². The largest absolute Gasteiger partial charge is 0.363 e. The minimum atomic E-state index is -4.13. The molecule has 0 saturated carbocycles. The number of nitrogen functional groups attached to an aromatic ring is 1. The van der Waals surface area contributed by atoms with Crippen molar-refractivity contribution in [3.63, 3.8) is 0 Å². The molecule has 19 heavy (non-hydrogen) atoms. The molecule has 1 rings (SSSR count). The highest BCUT2D eigenvalue weighted by Crippen LogP contribution is 2.29. The van der Waals surface area contributed by atoms with Crippen LogP contribution in [0.1, 0.15) is 25.3 Å². The number of nitrogens with one attached hydrogen (secondary N) is 2. The maximum Gasteiger partial charge on any atom is 0.324 e. The number of nitrogens with two attached hydrogens (primary N) is 1. The van der Waals surface area contributed by atoms with Crippen LogP contribution in [0.4, 0.5) is 29.2 Å². The summed E-state index contributed by atoms with van der Waals surface area (Å²) in [5, 5.41) is 2.21. The van der Waals surface area contributed by atoms with Gasteiger partial charge in [0.05, 0.1) is 6.54 Å². The first-order valence-corrected chi connectivity index (χ1v) is 5.51. The SMILES string of the molecule is CC(C)c1c(NN)ncnc1NCC(F)(F)C(F)F. The molecule has 0 amide bonds. The molecule has 0 bridgehead atoms. The van der Waals surface area contributed by atoms with E-state index in [-0.39, 0.29) is 17.6 Å². The second kappa shape index (κ2) is 6.00. The predicted octanol–water partition coefficient (Wildman–Crippen LogP) is 2.20. The molecule has 1 heterocycles. The summed E-state index contributed by atoms with van der Waals surface area (Å²) in [6, 6.07) is 0. The van der Waals surface area contributed by atoms with Crippen LogP contribution in [-0.2, 0) is 0 Å². The first-order chi connectivity index (χ1) is 8.79. The van der Waals surface area contributed by atoms with Gasteiger partial charge in [-0.05, 0) is 5.92 Å². The van der Waals surface area contributed by atoms with Crippen LogP contribution in [0.5, 0.6) is 0 Å². The maximum atomic E-state index is 12.9. The summed E-state index contributed by atoms with van der Waals surface area (Å²) in [6.45, 7) is 2.33. The van der Waals surface area contributed by atoms with Gasteiger partial charge in [-0.1, -0.05) is 13.8 Å². The molecule has 0 aromatic carbocycles. The van der Waals surface area contributed by atoms with E-state index >= 15 is 0 Å². The highest BCUT2D eigenvalue weighted by atomic mass is 19.3. The molecule has 0 aliphatic heterocycles.